The molecule has 0 saturated carbocycles. The third kappa shape index (κ3) is 5.81. The molecule has 0 radical (unpaired) electrons. The number of anilines is 1. The highest BCUT2D eigenvalue weighted by molar-refractivity contribution is 5.99. The first kappa shape index (κ1) is 19.9. The van der Waals surface area contributed by atoms with Gasteiger partial charge in [0.25, 0.3) is 5.91 Å². The Balaban J connectivity index is 1.85. The fraction of sp³-hybridized carbons (Fsp3) is 0.190. The first-order valence-electron chi connectivity index (χ1n) is 8.55. The number of benzene rings is 2. The standard InChI is InChI=1S/C21H23N3O3/c1-14-5-4-6-15(2)20(14)24-19(26)13-23-18(25)12-9-16-7-10-17(11-8-16)21(27)22-3/h4-12H,13H2,1-3H3,(H,22,27)(H,23,25)(H,24,26)/b12-9+. The molecule has 3 amide bonds. The zero-order valence-electron chi connectivity index (χ0n) is 15.6. The number of carbonyl (C=O) groups is 3. The molecule has 2 rings (SSSR count). The fourth-order valence-corrected chi connectivity index (χ4v) is 2.48. The van der Waals surface area contributed by atoms with Crippen LogP contribution in [0.15, 0.2) is 48.5 Å². The van der Waals surface area contributed by atoms with Crippen molar-refractivity contribution in [3.8, 4) is 0 Å². The third-order valence-electron chi connectivity index (χ3n) is 4.00. The van der Waals surface area contributed by atoms with Gasteiger partial charge in [-0.05, 0) is 48.7 Å². The van der Waals surface area contributed by atoms with Crippen molar-refractivity contribution < 1.29 is 14.4 Å². The lowest BCUT2D eigenvalue weighted by atomic mass is 10.1. The smallest absolute Gasteiger partial charge is 0.251 e. The van der Waals surface area contributed by atoms with E-state index in [0.717, 1.165) is 22.4 Å². The fourth-order valence-electron chi connectivity index (χ4n) is 2.48. The summed E-state index contributed by atoms with van der Waals surface area (Å²) in [7, 11) is 1.57. The summed E-state index contributed by atoms with van der Waals surface area (Å²) in [6, 6.07) is 12.6. The number of para-hydroxylation sites is 1. The van der Waals surface area contributed by atoms with Gasteiger partial charge in [0, 0.05) is 24.4 Å². The van der Waals surface area contributed by atoms with E-state index < -0.39 is 0 Å². The van der Waals surface area contributed by atoms with Crippen molar-refractivity contribution in [1.82, 2.24) is 10.6 Å². The molecule has 0 bridgehead atoms. The SMILES string of the molecule is CNC(=O)c1ccc(/C=C/C(=O)NCC(=O)Nc2c(C)cccc2C)cc1. The molecule has 0 heterocycles. The zero-order chi connectivity index (χ0) is 19.8. The topological polar surface area (TPSA) is 87.3 Å². The average molecular weight is 365 g/mol. The van der Waals surface area contributed by atoms with E-state index in [2.05, 4.69) is 16.0 Å². The van der Waals surface area contributed by atoms with Crippen LogP contribution in [-0.2, 0) is 9.59 Å². The minimum absolute atomic E-state index is 0.118. The Morgan fingerprint density at radius 1 is 0.963 bits per heavy atom. The van der Waals surface area contributed by atoms with Gasteiger partial charge in [-0.3, -0.25) is 14.4 Å². The Kier molecular flexibility index (Phi) is 6.88. The number of aryl methyl sites for hydroxylation is 2. The Morgan fingerprint density at radius 3 is 2.19 bits per heavy atom. The maximum absolute atomic E-state index is 12.0. The van der Waals surface area contributed by atoms with E-state index in [-0.39, 0.29) is 24.3 Å². The zero-order valence-corrected chi connectivity index (χ0v) is 15.6. The van der Waals surface area contributed by atoms with E-state index in [9.17, 15) is 14.4 Å². The summed E-state index contributed by atoms with van der Waals surface area (Å²) in [4.78, 5) is 35.4. The van der Waals surface area contributed by atoms with Crippen LogP contribution in [0.5, 0.6) is 0 Å². The monoisotopic (exact) mass is 365 g/mol. The molecule has 0 atom stereocenters. The summed E-state index contributed by atoms with van der Waals surface area (Å²) < 4.78 is 0. The molecule has 0 aliphatic carbocycles. The highest BCUT2D eigenvalue weighted by Crippen LogP contribution is 2.18. The second-order valence-corrected chi connectivity index (χ2v) is 6.07. The minimum atomic E-state index is -0.373. The van der Waals surface area contributed by atoms with Crippen LogP contribution in [-0.4, -0.2) is 31.3 Å². The number of nitrogens with one attached hydrogen (secondary N) is 3. The van der Waals surface area contributed by atoms with Crippen LogP contribution in [0.25, 0.3) is 6.08 Å². The molecule has 6 heteroatoms. The Hall–Kier alpha value is -3.41. The van der Waals surface area contributed by atoms with Crippen LogP contribution in [0.3, 0.4) is 0 Å². The third-order valence-corrected chi connectivity index (χ3v) is 4.00. The highest BCUT2D eigenvalue weighted by Gasteiger charge is 2.08. The van der Waals surface area contributed by atoms with E-state index in [4.69, 9.17) is 0 Å². The van der Waals surface area contributed by atoms with Gasteiger partial charge in [0.2, 0.25) is 11.8 Å². The Labute approximate surface area is 158 Å². The summed E-state index contributed by atoms with van der Waals surface area (Å²) in [5.74, 6) is -0.829. The molecule has 2 aromatic rings. The maximum atomic E-state index is 12.0. The second kappa shape index (κ2) is 9.33. The molecule has 140 valence electrons. The van der Waals surface area contributed by atoms with Crippen molar-refractivity contribution in [2.75, 3.05) is 18.9 Å². The predicted molar refractivity (Wildman–Crippen MR) is 106 cm³/mol. The van der Waals surface area contributed by atoms with Gasteiger partial charge >= 0.3 is 0 Å². The van der Waals surface area contributed by atoms with Crippen LogP contribution in [0.1, 0.15) is 27.0 Å². The number of amides is 3. The van der Waals surface area contributed by atoms with Crippen LogP contribution in [0.2, 0.25) is 0 Å². The van der Waals surface area contributed by atoms with Crippen LogP contribution in [0.4, 0.5) is 5.69 Å². The lowest BCUT2D eigenvalue weighted by Gasteiger charge is -2.11. The molecular formula is C21H23N3O3. The van der Waals surface area contributed by atoms with Crippen molar-refractivity contribution in [3.63, 3.8) is 0 Å². The molecule has 3 N–H and O–H groups in total. The summed E-state index contributed by atoms with van der Waals surface area (Å²) in [5, 5.41) is 7.91. The van der Waals surface area contributed by atoms with Gasteiger partial charge in [-0.2, -0.15) is 0 Å². The summed E-state index contributed by atoms with van der Waals surface area (Å²) in [6.45, 7) is 3.71. The lowest BCUT2D eigenvalue weighted by Crippen LogP contribution is -2.32. The van der Waals surface area contributed by atoms with Crippen molar-refractivity contribution in [2.24, 2.45) is 0 Å². The van der Waals surface area contributed by atoms with Gasteiger partial charge in [-0.25, -0.2) is 0 Å². The second-order valence-electron chi connectivity index (χ2n) is 6.07. The molecule has 0 aliphatic rings. The molecule has 0 saturated heterocycles. The summed E-state index contributed by atoms with van der Waals surface area (Å²) >= 11 is 0. The van der Waals surface area contributed by atoms with Gasteiger partial charge in [0.1, 0.15) is 0 Å². The average Bonchev–Trinajstić information content (AvgIpc) is 2.67. The highest BCUT2D eigenvalue weighted by atomic mass is 16.2. The van der Waals surface area contributed by atoms with Gasteiger partial charge in [-0.15, -0.1) is 0 Å². The molecule has 6 nitrogen and oxygen atoms in total. The van der Waals surface area contributed by atoms with Crippen molar-refractivity contribution in [2.45, 2.75) is 13.8 Å². The molecule has 0 aromatic heterocycles. The van der Waals surface area contributed by atoms with E-state index >= 15 is 0 Å². The van der Waals surface area contributed by atoms with Crippen LogP contribution < -0.4 is 16.0 Å². The van der Waals surface area contributed by atoms with Gasteiger partial charge in [-0.1, -0.05) is 30.3 Å². The minimum Gasteiger partial charge on any atom is -0.355 e. The largest absolute Gasteiger partial charge is 0.355 e. The van der Waals surface area contributed by atoms with Crippen molar-refractivity contribution in [1.29, 1.82) is 0 Å². The van der Waals surface area contributed by atoms with E-state index in [0.29, 0.717) is 5.56 Å². The van der Waals surface area contributed by atoms with Gasteiger partial charge in [0.15, 0.2) is 0 Å². The quantitative estimate of drug-likeness (QED) is 0.687. The van der Waals surface area contributed by atoms with E-state index in [1.807, 2.05) is 32.0 Å². The van der Waals surface area contributed by atoms with Crippen LogP contribution in [0, 0.1) is 13.8 Å². The molecule has 0 fully saturated rings. The number of rotatable bonds is 6. The predicted octanol–water partition coefficient (Wildman–Crippen LogP) is 2.43. The number of hydrogen-bond donors (Lipinski definition) is 3. The summed E-state index contributed by atoms with van der Waals surface area (Å²) in [5.41, 5.74) is 4.02. The Morgan fingerprint density at radius 2 is 1.59 bits per heavy atom. The maximum Gasteiger partial charge on any atom is 0.251 e. The summed E-state index contributed by atoms with van der Waals surface area (Å²) in [6.07, 6.45) is 2.97. The first-order valence-corrected chi connectivity index (χ1v) is 8.55. The van der Waals surface area contributed by atoms with Crippen LogP contribution >= 0.6 is 0 Å². The molecular weight excluding hydrogens is 342 g/mol. The molecule has 27 heavy (non-hydrogen) atoms. The van der Waals surface area contributed by atoms with Gasteiger partial charge in [0.05, 0.1) is 6.54 Å². The van der Waals surface area contributed by atoms with Gasteiger partial charge < -0.3 is 16.0 Å². The molecule has 0 spiro atoms. The number of carbonyl (C=O) groups excluding carboxylic acids is 3. The number of hydrogen-bond acceptors (Lipinski definition) is 3. The normalized spacial score (nSPS) is 10.5. The van der Waals surface area contributed by atoms with E-state index in [1.54, 1.807) is 37.4 Å². The van der Waals surface area contributed by atoms with Crippen molar-refractivity contribution >= 4 is 29.5 Å². The van der Waals surface area contributed by atoms with E-state index in [1.165, 1.54) is 6.08 Å². The molecule has 2 aromatic carbocycles. The first-order chi connectivity index (χ1) is 12.9. The van der Waals surface area contributed by atoms with Crippen molar-refractivity contribution in [3.05, 3.63) is 70.8 Å². The molecule has 0 aliphatic heterocycles. The molecule has 0 unspecified atom stereocenters. The Bertz CT molecular complexity index is 850. The lowest BCUT2D eigenvalue weighted by molar-refractivity contribution is -0.121.